The first-order chi connectivity index (χ1) is 9.45. The maximum Gasteiger partial charge on any atom is 0.240 e. The number of nitrogens with one attached hydrogen (secondary N) is 2. The lowest BCUT2D eigenvalue weighted by atomic mass is 10.3. The molecule has 114 valence electrons. The summed E-state index contributed by atoms with van der Waals surface area (Å²) in [5, 5.41) is 3.24. The summed E-state index contributed by atoms with van der Waals surface area (Å²) in [5.74, 6) is 0.671. The summed E-state index contributed by atoms with van der Waals surface area (Å²) in [6, 6.07) is 6.90. The second kappa shape index (κ2) is 8.24. The predicted molar refractivity (Wildman–Crippen MR) is 80.6 cm³/mol. The highest BCUT2D eigenvalue weighted by atomic mass is 32.2. The van der Waals surface area contributed by atoms with Crippen molar-refractivity contribution in [2.75, 3.05) is 19.7 Å². The van der Waals surface area contributed by atoms with Gasteiger partial charge >= 0.3 is 0 Å². The van der Waals surface area contributed by atoms with Crippen molar-refractivity contribution >= 4 is 10.0 Å². The average molecular weight is 300 g/mol. The Hall–Kier alpha value is -1.11. The highest BCUT2D eigenvalue weighted by Gasteiger charge is 2.12. The molecule has 1 aromatic rings. The van der Waals surface area contributed by atoms with E-state index in [1.807, 2.05) is 6.92 Å². The number of ether oxygens (including phenoxy) is 1. The first kappa shape index (κ1) is 16.9. The van der Waals surface area contributed by atoms with Gasteiger partial charge in [-0.1, -0.05) is 20.8 Å². The van der Waals surface area contributed by atoms with Crippen LogP contribution < -0.4 is 14.8 Å². The van der Waals surface area contributed by atoms with E-state index in [2.05, 4.69) is 23.9 Å². The summed E-state index contributed by atoms with van der Waals surface area (Å²) >= 11 is 0. The van der Waals surface area contributed by atoms with Crippen molar-refractivity contribution in [2.45, 2.75) is 38.1 Å². The van der Waals surface area contributed by atoms with E-state index in [1.165, 1.54) is 0 Å². The van der Waals surface area contributed by atoms with Crippen molar-refractivity contribution in [1.82, 2.24) is 10.0 Å². The summed E-state index contributed by atoms with van der Waals surface area (Å²) in [4.78, 5) is 0.263. The van der Waals surface area contributed by atoms with Gasteiger partial charge in [0.25, 0.3) is 0 Å². The van der Waals surface area contributed by atoms with E-state index >= 15 is 0 Å². The van der Waals surface area contributed by atoms with Gasteiger partial charge in [-0.3, -0.25) is 0 Å². The van der Waals surface area contributed by atoms with Gasteiger partial charge in [-0.2, -0.15) is 0 Å². The number of sulfonamides is 1. The lowest BCUT2D eigenvalue weighted by Gasteiger charge is -2.10. The third kappa shape index (κ3) is 5.90. The van der Waals surface area contributed by atoms with Gasteiger partial charge < -0.3 is 10.1 Å². The molecule has 20 heavy (non-hydrogen) atoms. The maximum atomic E-state index is 11.9. The second-order valence-corrected chi connectivity index (χ2v) is 6.59. The Bertz CT molecular complexity index is 484. The summed E-state index contributed by atoms with van der Waals surface area (Å²) in [6.45, 7) is 7.83. The van der Waals surface area contributed by atoms with Crippen LogP contribution in [0.1, 0.15) is 27.2 Å². The van der Waals surface area contributed by atoms with Crippen molar-refractivity contribution in [3.63, 3.8) is 0 Å². The Balaban J connectivity index is 2.52. The third-order valence-electron chi connectivity index (χ3n) is 2.60. The molecule has 6 heteroatoms. The minimum atomic E-state index is -3.39. The average Bonchev–Trinajstić information content (AvgIpc) is 2.42. The number of rotatable bonds is 9. The first-order valence-electron chi connectivity index (χ1n) is 6.91. The molecule has 0 amide bonds. The van der Waals surface area contributed by atoms with Crippen molar-refractivity contribution in [1.29, 1.82) is 0 Å². The second-order valence-electron chi connectivity index (χ2n) is 4.83. The topological polar surface area (TPSA) is 67.4 Å². The van der Waals surface area contributed by atoms with Crippen molar-refractivity contribution in [3.8, 4) is 5.75 Å². The van der Waals surface area contributed by atoms with E-state index in [1.54, 1.807) is 24.3 Å². The predicted octanol–water partition coefficient (Wildman–Crippen LogP) is 1.75. The molecule has 0 saturated carbocycles. The van der Waals surface area contributed by atoms with E-state index in [4.69, 9.17) is 4.74 Å². The molecule has 0 unspecified atom stereocenters. The van der Waals surface area contributed by atoms with E-state index < -0.39 is 10.0 Å². The van der Waals surface area contributed by atoms with E-state index in [0.717, 1.165) is 13.0 Å². The van der Waals surface area contributed by atoms with Gasteiger partial charge in [-0.05, 0) is 30.7 Å². The maximum absolute atomic E-state index is 11.9. The molecule has 0 atom stereocenters. The van der Waals surface area contributed by atoms with Crippen LogP contribution in [0, 0.1) is 0 Å². The van der Waals surface area contributed by atoms with Crippen LogP contribution in [0.3, 0.4) is 0 Å². The Morgan fingerprint density at radius 2 is 1.80 bits per heavy atom. The first-order valence-corrected chi connectivity index (χ1v) is 8.40. The number of hydrogen-bond acceptors (Lipinski definition) is 4. The molecule has 5 nitrogen and oxygen atoms in total. The highest BCUT2D eigenvalue weighted by Crippen LogP contribution is 2.15. The van der Waals surface area contributed by atoms with Crippen molar-refractivity contribution < 1.29 is 13.2 Å². The lowest BCUT2D eigenvalue weighted by molar-refractivity contribution is 0.308. The van der Waals surface area contributed by atoms with E-state index in [9.17, 15) is 8.42 Å². The fourth-order valence-corrected chi connectivity index (χ4v) is 2.69. The molecule has 1 rings (SSSR count). The molecule has 0 heterocycles. The quantitative estimate of drug-likeness (QED) is 0.682. The molecule has 0 bridgehead atoms. The smallest absolute Gasteiger partial charge is 0.240 e. The van der Waals surface area contributed by atoms with Gasteiger partial charge in [0.1, 0.15) is 12.4 Å². The van der Waals surface area contributed by atoms with Crippen LogP contribution in [-0.4, -0.2) is 34.2 Å². The Labute approximate surface area is 121 Å². The Morgan fingerprint density at radius 3 is 2.35 bits per heavy atom. The van der Waals surface area contributed by atoms with Crippen LogP contribution in [0.5, 0.6) is 5.75 Å². The molecule has 0 aromatic heterocycles. The van der Waals surface area contributed by atoms with Crippen molar-refractivity contribution in [2.24, 2.45) is 0 Å². The van der Waals surface area contributed by atoms with Gasteiger partial charge in [-0.15, -0.1) is 0 Å². The fourth-order valence-electron chi connectivity index (χ4n) is 1.55. The van der Waals surface area contributed by atoms with Crippen LogP contribution in [0.15, 0.2) is 29.2 Å². The number of benzene rings is 1. The van der Waals surface area contributed by atoms with Gasteiger partial charge in [0, 0.05) is 19.1 Å². The summed E-state index contributed by atoms with van der Waals surface area (Å²) < 4.78 is 31.8. The Morgan fingerprint density at radius 1 is 1.15 bits per heavy atom. The normalized spacial score (nSPS) is 11.8. The van der Waals surface area contributed by atoms with Crippen LogP contribution in [0.25, 0.3) is 0 Å². The molecular weight excluding hydrogens is 276 g/mol. The van der Waals surface area contributed by atoms with Crippen molar-refractivity contribution in [3.05, 3.63) is 24.3 Å². The fraction of sp³-hybridized carbons (Fsp3) is 0.571. The molecule has 0 spiro atoms. The van der Waals surface area contributed by atoms with Crippen LogP contribution in [0.4, 0.5) is 0 Å². The number of hydrogen-bond donors (Lipinski definition) is 2. The molecule has 0 aliphatic rings. The zero-order chi connectivity index (χ0) is 15.0. The Kier molecular flexibility index (Phi) is 6.98. The zero-order valence-corrected chi connectivity index (χ0v) is 13.2. The lowest BCUT2D eigenvalue weighted by Crippen LogP contribution is -2.27. The molecule has 0 aliphatic heterocycles. The van der Waals surface area contributed by atoms with Gasteiger partial charge in [0.15, 0.2) is 0 Å². The van der Waals surface area contributed by atoms with Crippen LogP contribution in [-0.2, 0) is 10.0 Å². The molecule has 1 aromatic carbocycles. The van der Waals surface area contributed by atoms with Gasteiger partial charge in [0.05, 0.1) is 4.90 Å². The zero-order valence-electron chi connectivity index (χ0n) is 12.3. The summed E-state index contributed by atoms with van der Waals surface area (Å²) in [5.41, 5.74) is 0. The van der Waals surface area contributed by atoms with Crippen LogP contribution in [0.2, 0.25) is 0 Å². The van der Waals surface area contributed by atoms with E-state index in [0.29, 0.717) is 24.9 Å². The minimum absolute atomic E-state index is 0.263. The van der Waals surface area contributed by atoms with Gasteiger partial charge in [-0.25, -0.2) is 13.1 Å². The third-order valence-corrected chi connectivity index (χ3v) is 4.08. The molecule has 0 aliphatic carbocycles. The van der Waals surface area contributed by atoms with Crippen LogP contribution >= 0.6 is 0 Å². The molecule has 0 radical (unpaired) electrons. The molecule has 0 fully saturated rings. The standard InChI is InChI=1S/C14H24N2O3S/c1-4-9-16-20(17,18)14-7-5-13(6-8-14)19-11-10-15-12(2)3/h5-8,12,15-16H,4,9-11H2,1-3H3. The van der Waals surface area contributed by atoms with E-state index in [-0.39, 0.29) is 4.90 Å². The minimum Gasteiger partial charge on any atom is -0.492 e. The monoisotopic (exact) mass is 300 g/mol. The summed E-state index contributed by atoms with van der Waals surface area (Å²) in [7, 11) is -3.39. The largest absolute Gasteiger partial charge is 0.492 e. The molecular formula is C14H24N2O3S. The highest BCUT2D eigenvalue weighted by molar-refractivity contribution is 7.89. The van der Waals surface area contributed by atoms with Gasteiger partial charge in [0.2, 0.25) is 10.0 Å². The SMILES string of the molecule is CCCNS(=O)(=O)c1ccc(OCCNC(C)C)cc1. The molecule has 2 N–H and O–H groups in total. The molecule has 0 saturated heterocycles. The summed E-state index contributed by atoms with van der Waals surface area (Å²) in [6.07, 6.45) is 0.767.